The summed E-state index contributed by atoms with van der Waals surface area (Å²) in [4.78, 5) is 19.5. The summed E-state index contributed by atoms with van der Waals surface area (Å²) < 4.78 is 6.02. The highest BCUT2D eigenvalue weighted by Gasteiger charge is 2.33. The maximum absolute atomic E-state index is 12.3. The second-order valence-electron chi connectivity index (χ2n) is 10.4. The van der Waals surface area contributed by atoms with E-state index in [1.165, 1.54) is 39.6 Å². The number of piperazine rings is 1. The van der Waals surface area contributed by atoms with Crippen LogP contribution in [-0.2, 0) is 24.1 Å². The standard InChI is InChI=1S/C28H34N4OS/c1-20(33)32(19-22-6-7-22)25-17-23-9-8-21(16-24(23)18-25)10-11-30-12-14-31(15-13-30)28-26-4-2-3-5-27(26)34-29-28/h2-5,8-9,16,22,25H,6-7,10-15,17-19H2,1H3. The molecule has 178 valence electrons. The number of benzene rings is 2. The van der Waals surface area contributed by atoms with Crippen molar-refractivity contribution < 1.29 is 4.79 Å². The van der Waals surface area contributed by atoms with Crippen LogP contribution in [0.15, 0.2) is 42.5 Å². The van der Waals surface area contributed by atoms with E-state index in [-0.39, 0.29) is 5.91 Å². The van der Waals surface area contributed by atoms with E-state index in [4.69, 9.17) is 4.37 Å². The molecule has 34 heavy (non-hydrogen) atoms. The van der Waals surface area contributed by atoms with Gasteiger partial charge in [-0.25, -0.2) is 0 Å². The summed E-state index contributed by atoms with van der Waals surface area (Å²) in [7, 11) is 0. The lowest BCUT2D eigenvalue weighted by Crippen LogP contribution is -2.47. The van der Waals surface area contributed by atoms with Crippen molar-refractivity contribution in [2.75, 3.05) is 44.2 Å². The van der Waals surface area contributed by atoms with Crippen molar-refractivity contribution in [1.82, 2.24) is 14.2 Å². The second-order valence-corrected chi connectivity index (χ2v) is 11.2. The molecule has 0 spiro atoms. The van der Waals surface area contributed by atoms with Gasteiger partial charge in [0.15, 0.2) is 0 Å². The van der Waals surface area contributed by atoms with Crippen molar-refractivity contribution in [3.05, 3.63) is 59.2 Å². The molecule has 1 atom stereocenters. The lowest BCUT2D eigenvalue weighted by atomic mass is 10.0. The van der Waals surface area contributed by atoms with Gasteiger partial charge in [-0.05, 0) is 78.4 Å². The summed E-state index contributed by atoms with van der Waals surface area (Å²) in [5.74, 6) is 2.15. The van der Waals surface area contributed by atoms with E-state index in [1.807, 2.05) is 0 Å². The SMILES string of the molecule is CC(=O)N(CC1CC1)C1Cc2ccc(CCN3CCN(c4nsc5ccccc45)CC3)cc2C1. The number of amides is 1. The van der Waals surface area contributed by atoms with Gasteiger partial charge in [0.25, 0.3) is 0 Å². The van der Waals surface area contributed by atoms with E-state index >= 15 is 0 Å². The molecule has 0 bridgehead atoms. The zero-order valence-electron chi connectivity index (χ0n) is 20.1. The summed E-state index contributed by atoms with van der Waals surface area (Å²) in [5.41, 5.74) is 4.34. The Labute approximate surface area is 206 Å². The van der Waals surface area contributed by atoms with Crippen LogP contribution in [-0.4, -0.2) is 65.4 Å². The van der Waals surface area contributed by atoms with Gasteiger partial charge in [-0.3, -0.25) is 9.69 Å². The normalized spacial score (nSPS) is 20.6. The number of fused-ring (bicyclic) bond motifs is 2. The Morgan fingerprint density at radius 1 is 1.06 bits per heavy atom. The summed E-state index contributed by atoms with van der Waals surface area (Å²) in [5, 5.41) is 1.29. The molecule has 2 aliphatic carbocycles. The molecule has 3 aromatic rings. The van der Waals surface area contributed by atoms with E-state index in [1.54, 1.807) is 18.5 Å². The fraction of sp³-hybridized carbons (Fsp3) is 0.500. The Hall–Kier alpha value is -2.44. The van der Waals surface area contributed by atoms with Gasteiger partial charge in [-0.1, -0.05) is 30.3 Å². The molecule has 1 saturated carbocycles. The second kappa shape index (κ2) is 9.31. The molecule has 1 amide bonds. The Bertz CT molecular complexity index is 1180. The first-order valence-corrected chi connectivity index (χ1v) is 13.6. The van der Waals surface area contributed by atoms with Crippen LogP contribution in [0.1, 0.15) is 36.5 Å². The van der Waals surface area contributed by atoms with Crippen molar-refractivity contribution in [3.63, 3.8) is 0 Å². The molecule has 0 N–H and O–H groups in total. The minimum atomic E-state index is 0.245. The Balaban J connectivity index is 1.03. The van der Waals surface area contributed by atoms with Gasteiger partial charge >= 0.3 is 0 Å². The van der Waals surface area contributed by atoms with E-state index in [9.17, 15) is 4.79 Å². The van der Waals surface area contributed by atoms with Gasteiger partial charge < -0.3 is 9.80 Å². The highest BCUT2D eigenvalue weighted by atomic mass is 32.1. The molecule has 2 heterocycles. The van der Waals surface area contributed by atoms with Gasteiger partial charge in [0, 0.05) is 57.6 Å². The zero-order valence-corrected chi connectivity index (χ0v) is 20.9. The van der Waals surface area contributed by atoms with E-state index in [0.29, 0.717) is 6.04 Å². The average Bonchev–Trinajstić information content (AvgIpc) is 3.42. The zero-order chi connectivity index (χ0) is 23.1. The summed E-state index contributed by atoms with van der Waals surface area (Å²) in [6.45, 7) is 8.08. The first-order chi connectivity index (χ1) is 16.6. The fourth-order valence-corrected chi connectivity index (χ4v) is 6.50. The number of aromatic nitrogens is 1. The molecule has 1 aromatic heterocycles. The number of rotatable bonds is 7. The number of nitrogens with zero attached hydrogens (tertiary/aromatic N) is 4. The third kappa shape index (κ3) is 4.58. The van der Waals surface area contributed by atoms with Crippen LogP contribution < -0.4 is 4.90 Å². The summed E-state index contributed by atoms with van der Waals surface area (Å²) in [6, 6.07) is 16.0. The topological polar surface area (TPSA) is 39.7 Å². The van der Waals surface area contributed by atoms with E-state index in [2.05, 4.69) is 57.2 Å². The maximum Gasteiger partial charge on any atom is 0.219 e. The van der Waals surface area contributed by atoms with Crippen LogP contribution in [0.5, 0.6) is 0 Å². The monoisotopic (exact) mass is 474 g/mol. The molecule has 1 unspecified atom stereocenters. The number of carbonyl (C=O) groups is 1. The van der Waals surface area contributed by atoms with Gasteiger partial charge in [0.2, 0.25) is 5.91 Å². The van der Waals surface area contributed by atoms with Crippen molar-refractivity contribution in [2.45, 2.75) is 45.1 Å². The molecule has 3 aliphatic rings. The molecule has 2 fully saturated rings. The quantitative estimate of drug-likeness (QED) is 0.509. The smallest absolute Gasteiger partial charge is 0.219 e. The van der Waals surface area contributed by atoms with Gasteiger partial charge in [0.05, 0.1) is 4.70 Å². The number of hydrogen-bond donors (Lipinski definition) is 0. The minimum Gasteiger partial charge on any atom is -0.353 e. The fourth-order valence-electron chi connectivity index (χ4n) is 5.71. The molecule has 2 aromatic carbocycles. The predicted molar refractivity (Wildman–Crippen MR) is 140 cm³/mol. The van der Waals surface area contributed by atoms with Crippen LogP contribution in [0.3, 0.4) is 0 Å². The van der Waals surface area contributed by atoms with Crippen LogP contribution in [0.25, 0.3) is 10.1 Å². The van der Waals surface area contributed by atoms with Crippen LogP contribution in [0.4, 0.5) is 5.82 Å². The molecule has 5 nitrogen and oxygen atoms in total. The molecule has 6 heteroatoms. The molecule has 6 rings (SSSR count). The van der Waals surface area contributed by atoms with E-state index in [0.717, 1.165) is 70.3 Å². The highest BCUT2D eigenvalue weighted by molar-refractivity contribution is 7.13. The third-order valence-electron chi connectivity index (χ3n) is 7.93. The first kappa shape index (κ1) is 22.1. The Morgan fingerprint density at radius 2 is 1.85 bits per heavy atom. The maximum atomic E-state index is 12.3. The average molecular weight is 475 g/mol. The van der Waals surface area contributed by atoms with Crippen LogP contribution in [0.2, 0.25) is 0 Å². The number of anilines is 1. The summed E-state index contributed by atoms with van der Waals surface area (Å²) >= 11 is 1.61. The van der Waals surface area contributed by atoms with Crippen molar-refractivity contribution in [1.29, 1.82) is 0 Å². The Morgan fingerprint density at radius 3 is 2.65 bits per heavy atom. The Kier molecular flexibility index (Phi) is 6.04. The third-order valence-corrected chi connectivity index (χ3v) is 8.74. The molecular formula is C28H34N4OS. The predicted octanol–water partition coefficient (Wildman–Crippen LogP) is 4.39. The van der Waals surface area contributed by atoms with Crippen molar-refractivity contribution in [3.8, 4) is 0 Å². The molecule has 1 aliphatic heterocycles. The van der Waals surface area contributed by atoms with Gasteiger partial charge in [-0.15, -0.1) is 0 Å². The van der Waals surface area contributed by atoms with Crippen molar-refractivity contribution in [2.24, 2.45) is 5.92 Å². The molecule has 0 radical (unpaired) electrons. The molecule has 1 saturated heterocycles. The first-order valence-electron chi connectivity index (χ1n) is 12.8. The van der Waals surface area contributed by atoms with Gasteiger partial charge in [0.1, 0.15) is 5.82 Å². The summed E-state index contributed by atoms with van der Waals surface area (Å²) in [6.07, 6.45) is 5.73. The largest absolute Gasteiger partial charge is 0.353 e. The molecular weight excluding hydrogens is 440 g/mol. The minimum absolute atomic E-state index is 0.245. The van der Waals surface area contributed by atoms with Crippen LogP contribution >= 0.6 is 11.5 Å². The van der Waals surface area contributed by atoms with Gasteiger partial charge in [-0.2, -0.15) is 4.37 Å². The van der Waals surface area contributed by atoms with Crippen molar-refractivity contribution >= 4 is 33.3 Å². The van der Waals surface area contributed by atoms with E-state index < -0.39 is 0 Å². The lowest BCUT2D eigenvalue weighted by molar-refractivity contribution is -0.131. The van der Waals surface area contributed by atoms with Crippen LogP contribution in [0, 0.1) is 5.92 Å². The lowest BCUT2D eigenvalue weighted by Gasteiger charge is -2.35. The number of hydrogen-bond acceptors (Lipinski definition) is 5. The number of carbonyl (C=O) groups excluding carboxylic acids is 1. The highest BCUT2D eigenvalue weighted by Crippen LogP contribution is 2.34.